The fourth-order valence-electron chi connectivity index (χ4n) is 4.91. The van der Waals surface area contributed by atoms with E-state index in [1.165, 1.54) is 36.3 Å². The van der Waals surface area contributed by atoms with Gasteiger partial charge in [-0.1, -0.05) is 97.2 Å². The van der Waals surface area contributed by atoms with Crippen molar-refractivity contribution in [3.05, 3.63) is 124 Å². The van der Waals surface area contributed by atoms with Crippen molar-refractivity contribution < 1.29 is 22.7 Å². The lowest BCUT2D eigenvalue weighted by Gasteiger charge is -2.34. The van der Waals surface area contributed by atoms with E-state index in [2.05, 4.69) is 5.32 Å². The number of amides is 2. The molecule has 0 fully saturated rings. The second-order valence-electron chi connectivity index (χ2n) is 10.6. The first kappa shape index (κ1) is 34.8. The molecule has 0 saturated carbocycles. The Kier molecular flexibility index (Phi) is 12.5. The Labute approximate surface area is 280 Å². The normalized spacial score (nSPS) is 11.8. The zero-order valence-corrected chi connectivity index (χ0v) is 28.1. The minimum absolute atomic E-state index is 0.00265. The van der Waals surface area contributed by atoms with Crippen molar-refractivity contribution in [1.82, 2.24) is 10.2 Å². The topological polar surface area (TPSA) is 96.0 Å². The fourth-order valence-corrected chi connectivity index (χ4v) is 6.71. The summed E-state index contributed by atoms with van der Waals surface area (Å²) in [6.07, 6.45) is 1.88. The van der Waals surface area contributed by atoms with Gasteiger partial charge in [0.25, 0.3) is 10.0 Å². The molecular formula is C35H37Cl2N3O5S. The van der Waals surface area contributed by atoms with E-state index in [0.29, 0.717) is 17.3 Å². The van der Waals surface area contributed by atoms with E-state index in [1.54, 1.807) is 48.5 Å². The molecule has 0 saturated heterocycles. The largest absolute Gasteiger partial charge is 0.495 e. The zero-order chi connectivity index (χ0) is 33.1. The van der Waals surface area contributed by atoms with Crippen molar-refractivity contribution in [3.63, 3.8) is 0 Å². The lowest BCUT2D eigenvalue weighted by molar-refractivity contribution is -0.140. The van der Waals surface area contributed by atoms with Crippen LogP contribution >= 0.6 is 23.2 Å². The Balaban J connectivity index is 1.80. The zero-order valence-electron chi connectivity index (χ0n) is 25.7. The smallest absolute Gasteiger partial charge is 0.264 e. The van der Waals surface area contributed by atoms with E-state index in [0.717, 1.165) is 28.3 Å². The molecule has 0 heterocycles. The summed E-state index contributed by atoms with van der Waals surface area (Å²) in [4.78, 5) is 29.8. The van der Waals surface area contributed by atoms with E-state index < -0.39 is 28.5 Å². The van der Waals surface area contributed by atoms with Gasteiger partial charge in [0.2, 0.25) is 11.8 Å². The molecule has 1 unspecified atom stereocenters. The molecule has 4 aromatic rings. The van der Waals surface area contributed by atoms with Gasteiger partial charge in [0.05, 0.1) is 22.7 Å². The summed E-state index contributed by atoms with van der Waals surface area (Å²) >= 11 is 12.6. The molecule has 1 atom stereocenters. The summed E-state index contributed by atoms with van der Waals surface area (Å²) in [7, 11) is -2.80. The first-order valence-electron chi connectivity index (χ1n) is 14.9. The van der Waals surface area contributed by atoms with Gasteiger partial charge in [-0.15, -0.1) is 0 Å². The Hall–Kier alpha value is -4.05. The molecule has 11 heteroatoms. The molecule has 2 amide bonds. The highest BCUT2D eigenvalue weighted by molar-refractivity contribution is 7.92. The number of nitrogens with one attached hydrogen (secondary N) is 1. The number of hydrogen-bond acceptors (Lipinski definition) is 5. The van der Waals surface area contributed by atoms with Gasteiger partial charge < -0.3 is 15.0 Å². The van der Waals surface area contributed by atoms with E-state index in [1.807, 2.05) is 37.3 Å². The lowest BCUT2D eigenvalue weighted by atomic mass is 10.0. The highest BCUT2D eigenvalue weighted by Crippen LogP contribution is 2.32. The predicted molar refractivity (Wildman–Crippen MR) is 183 cm³/mol. The third-order valence-corrected chi connectivity index (χ3v) is 9.74. The quantitative estimate of drug-likeness (QED) is 0.140. The maximum absolute atomic E-state index is 14.5. The van der Waals surface area contributed by atoms with E-state index in [-0.39, 0.29) is 34.5 Å². The van der Waals surface area contributed by atoms with Gasteiger partial charge in [0, 0.05) is 24.5 Å². The van der Waals surface area contributed by atoms with Crippen LogP contribution in [0.4, 0.5) is 5.69 Å². The first-order valence-corrected chi connectivity index (χ1v) is 17.1. The number of ether oxygens (including phenoxy) is 1. The van der Waals surface area contributed by atoms with Gasteiger partial charge in [0.1, 0.15) is 18.3 Å². The minimum atomic E-state index is -4.25. The number of unbranched alkanes of at least 4 members (excludes halogenated alkanes) is 1. The predicted octanol–water partition coefficient (Wildman–Crippen LogP) is 6.75. The number of anilines is 1. The number of benzene rings is 4. The fraction of sp³-hybridized carbons (Fsp3) is 0.257. The molecule has 4 aromatic carbocycles. The van der Waals surface area contributed by atoms with Crippen molar-refractivity contribution in [2.75, 3.05) is 24.5 Å². The van der Waals surface area contributed by atoms with Crippen LogP contribution in [0, 0.1) is 0 Å². The van der Waals surface area contributed by atoms with Crippen LogP contribution in [-0.2, 0) is 32.6 Å². The van der Waals surface area contributed by atoms with Crippen LogP contribution in [-0.4, -0.2) is 51.4 Å². The summed E-state index contributed by atoms with van der Waals surface area (Å²) in [5.41, 5.74) is 1.74. The van der Waals surface area contributed by atoms with E-state index in [4.69, 9.17) is 27.9 Å². The summed E-state index contributed by atoms with van der Waals surface area (Å²) in [6, 6.07) is 27.8. The molecule has 0 radical (unpaired) electrons. The van der Waals surface area contributed by atoms with Gasteiger partial charge in [-0.2, -0.15) is 0 Å². The summed E-state index contributed by atoms with van der Waals surface area (Å²) in [6.45, 7) is 1.91. The standard InChI is InChI=1S/C35H37Cl2N3O5S/c1-3-4-21-38-35(42)32(22-26-11-7-5-8-12-26)39(24-27-15-17-28(36)18-16-27)34(41)25-40(29-19-20-33(45-2)31(37)23-29)46(43,44)30-13-9-6-10-14-30/h5-20,23,32H,3-4,21-22,24-25H2,1-2H3,(H,38,42). The third kappa shape index (κ3) is 9.02. The Morgan fingerprint density at radius 2 is 1.52 bits per heavy atom. The van der Waals surface area contributed by atoms with Crippen molar-refractivity contribution in [2.24, 2.45) is 0 Å². The number of nitrogens with zero attached hydrogens (tertiary/aromatic N) is 2. The van der Waals surface area contributed by atoms with Crippen LogP contribution in [0.3, 0.4) is 0 Å². The molecule has 0 spiro atoms. The van der Waals surface area contributed by atoms with Crippen LogP contribution < -0.4 is 14.4 Å². The maximum Gasteiger partial charge on any atom is 0.264 e. The number of carbonyl (C=O) groups excluding carboxylic acids is 2. The van der Waals surface area contributed by atoms with Gasteiger partial charge in [-0.25, -0.2) is 8.42 Å². The Morgan fingerprint density at radius 1 is 0.870 bits per heavy atom. The van der Waals surface area contributed by atoms with Crippen LogP contribution in [0.25, 0.3) is 0 Å². The summed E-state index contributed by atoms with van der Waals surface area (Å²) in [5, 5.41) is 3.68. The second-order valence-corrected chi connectivity index (χ2v) is 13.3. The number of methoxy groups -OCH3 is 1. The molecule has 0 bridgehead atoms. The van der Waals surface area contributed by atoms with Crippen molar-refractivity contribution >= 4 is 50.7 Å². The number of hydrogen-bond donors (Lipinski definition) is 1. The number of sulfonamides is 1. The Bertz CT molecular complexity index is 1710. The third-order valence-electron chi connectivity index (χ3n) is 7.40. The first-order chi connectivity index (χ1) is 22.1. The van der Waals surface area contributed by atoms with Crippen molar-refractivity contribution in [2.45, 2.75) is 43.7 Å². The molecule has 1 N–H and O–H groups in total. The van der Waals surface area contributed by atoms with Gasteiger partial charge in [-0.05, 0) is 60.0 Å². The summed E-state index contributed by atoms with van der Waals surface area (Å²) < 4.78 is 34.5. The second kappa shape index (κ2) is 16.5. The molecule has 0 aromatic heterocycles. The maximum atomic E-state index is 14.5. The summed E-state index contributed by atoms with van der Waals surface area (Å²) in [5.74, 6) is -0.553. The van der Waals surface area contributed by atoms with Gasteiger partial charge in [-0.3, -0.25) is 13.9 Å². The minimum Gasteiger partial charge on any atom is -0.495 e. The molecule has 46 heavy (non-hydrogen) atoms. The van der Waals surface area contributed by atoms with Gasteiger partial charge in [0.15, 0.2) is 0 Å². The molecule has 242 valence electrons. The molecular weight excluding hydrogens is 645 g/mol. The van der Waals surface area contributed by atoms with Crippen LogP contribution in [0.1, 0.15) is 30.9 Å². The molecule has 0 aliphatic heterocycles. The van der Waals surface area contributed by atoms with Crippen LogP contribution in [0.5, 0.6) is 5.75 Å². The highest BCUT2D eigenvalue weighted by atomic mass is 35.5. The molecule has 0 aliphatic rings. The van der Waals surface area contributed by atoms with E-state index in [9.17, 15) is 18.0 Å². The SMILES string of the molecule is CCCCNC(=O)C(Cc1ccccc1)N(Cc1ccc(Cl)cc1)C(=O)CN(c1ccc(OC)c(Cl)c1)S(=O)(=O)c1ccccc1. The number of carbonyl (C=O) groups is 2. The van der Waals surface area contributed by atoms with Crippen LogP contribution in [0.2, 0.25) is 10.0 Å². The van der Waals surface area contributed by atoms with Crippen molar-refractivity contribution in [3.8, 4) is 5.75 Å². The van der Waals surface area contributed by atoms with Crippen LogP contribution in [0.15, 0.2) is 108 Å². The molecule has 0 aliphatic carbocycles. The lowest BCUT2D eigenvalue weighted by Crippen LogP contribution is -2.53. The van der Waals surface area contributed by atoms with Gasteiger partial charge >= 0.3 is 0 Å². The molecule has 8 nitrogen and oxygen atoms in total. The van der Waals surface area contributed by atoms with E-state index >= 15 is 0 Å². The monoisotopic (exact) mass is 681 g/mol. The highest BCUT2D eigenvalue weighted by Gasteiger charge is 2.34. The number of rotatable bonds is 15. The number of halogens is 2. The van der Waals surface area contributed by atoms with Crippen molar-refractivity contribution in [1.29, 1.82) is 0 Å². The molecule has 4 rings (SSSR count). The average molecular weight is 683 g/mol. The average Bonchev–Trinajstić information content (AvgIpc) is 3.06. The Morgan fingerprint density at radius 3 is 2.13 bits per heavy atom.